The van der Waals surface area contributed by atoms with Gasteiger partial charge in [-0.3, -0.25) is 9.36 Å². The van der Waals surface area contributed by atoms with Crippen LogP contribution in [0.5, 0.6) is 0 Å². The first-order valence-electron chi connectivity index (χ1n) is 12.9. The molecule has 8 nitrogen and oxygen atoms in total. The largest absolute Gasteiger partial charge is 0.325 e. The summed E-state index contributed by atoms with van der Waals surface area (Å²) in [5, 5.41) is 3.47. The van der Waals surface area contributed by atoms with Crippen molar-refractivity contribution in [2.24, 2.45) is 5.92 Å². The minimum atomic E-state index is -0.285. The molecule has 3 heterocycles. The van der Waals surface area contributed by atoms with Gasteiger partial charge in [0.1, 0.15) is 5.69 Å². The highest BCUT2D eigenvalue weighted by Crippen LogP contribution is 2.33. The Bertz CT molecular complexity index is 1280. The van der Waals surface area contributed by atoms with Crippen LogP contribution in [0, 0.1) is 12.8 Å². The van der Waals surface area contributed by atoms with E-state index in [1.54, 1.807) is 20.1 Å². The SMILES string of the molecule is C/C=C(Cl)\C(=C/CC)c1ccc(NC(=O)N2CCCC(n3cc(C)[nH]c3=O)CC2)c(=O)n1CC1CC1. The first-order valence-corrected chi connectivity index (χ1v) is 13.3. The highest BCUT2D eigenvalue weighted by atomic mass is 35.5. The van der Waals surface area contributed by atoms with Crippen LogP contribution in [0.1, 0.15) is 69.8 Å². The van der Waals surface area contributed by atoms with E-state index in [0.29, 0.717) is 37.0 Å². The summed E-state index contributed by atoms with van der Waals surface area (Å²) >= 11 is 6.51. The molecule has 2 fully saturated rings. The van der Waals surface area contributed by atoms with E-state index < -0.39 is 0 Å². The molecule has 1 saturated heterocycles. The van der Waals surface area contributed by atoms with Gasteiger partial charge in [-0.05, 0) is 70.4 Å². The molecule has 4 rings (SSSR count). The number of hydrogen-bond donors (Lipinski definition) is 2. The highest BCUT2D eigenvalue weighted by molar-refractivity contribution is 6.36. The van der Waals surface area contributed by atoms with Gasteiger partial charge in [0.2, 0.25) is 0 Å². The zero-order chi connectivity index (χ0) is 25.8. The average molecular weight is 514 g/mol. The monoisotopic (exact) mass is 513 g/mol. The second kappa shape index (κ2) is 11.4. The number of pyridine rings is 1. The van der Waals surface area contributed by atoms with Crippen molar-refractivity contribution < 1.29 is 4.79 Å². The third-order valence-corrected chi connectivity index (χ3v) is 7.42. The number of imidazole rings is 1. The van der Waals surface area contributed by atoms with Gasteiger partial charge >= 0.3 is 11.7 Å². The second-order valence-corrected chi connectivity index (χ2v) is 10.2. The number of carbonyl (C=O) groups is 1. The Balaban J connectivity index is 1.54. The Labute approximate surface area is 216 Å². The summed E-state index contributed by atoms with van der Waals surface area (Å²) in [7, 11) is 0. The first-order chi connectivity index (χ1) is 17.3. The van der Waals surface area contributed by atoms with Gasteiger partial charge in [0.05, 0.1) is 5.69 Å². The molecular formula is C27H36ClN5O3. The van der Waals surface area contributed by atoms with Gasteiger partial charge in [-0.25, -0.2) is 9.59 Å². The molecule has 1 aliphatic carbocycles. The lowest BCUT2D eigenvalue weighted by atomic mass is 10.1. The van der Waals surface area contributed by atoms with Crippen LogP contribution in [0.2, 0.25) is 0 Å². The summed E-state index contributed by atoms with van der Waals surface area (Å²) in [6, 6.07) is 3.33. The van der Waals surface area contributed by atoms with Crippen molar-refractivity contribution in [1.29, 1.82) is 0 Å². The van der Waals surface area contributed by atoms with E-state index in [2.05, 4.69) is 10.3 Å². The van der Waals surface area contributed by atoms with Gasteiger partial charge in [-0.2, -0.15) is 0 Å². The molecule has 2 aromatic heterocycles. The summed E-state index contributed by atoms with van der Waals surface area (Å²) in [5.41, 5.74) is 2.40. The van der Waals surface area contributed by atoms with Crippen molar-refractivity contribution in [2.45, 2.75) is 71.9 Å². The number of H-pyrrole nitrogens is 1. The number of aromatic amines is 1. The zero-order valence-electron chi connectivity index (χ0n) is 21.3. The van der Waals surface area contributed by atoms with Crippen molar-refractivity contribution in [3.8, 4) is 0 Å². The molecule has 2 aromatic rings. The van der Waals surface area contributed by atoms with Crippen LogP contribution < -0.4 is 16.6 Å². The van der Waals surface area contributed by atoms with Crippen LogP contribution in [0.3, 0.4) is 0 Å². The van der Waals surface area contributed by atoms with E-state index in [1.165, 1.54) is 0 Å². The van der Waals surface area contributed by atoms with Crippen molar-refractivity contribution >= 4 is 28.9 Å². The van der Waals surface area contributed by atoms with Gasteiger partial charge in [0.25, 0.3) is 5.56 Å². The van der Waals surface area contributed by atoms with Gasteiger partial charge in [-0.1, -0.05) is 30.7 Å². The number of nitrogens with one attached hydrogen (secondary N) is 2. The molecule has 1 saturated carbocycles. The predicted octanol–water partition coefficient (Wildman–Crippen LogP) is 5.25. The maximum atomic E-state index is 13.5. The lowest BCUT2D eigenvalue weighted by molar-refractivity contribution is 0.213. The van der Waals surface area contributed by atoms with Crippen LogP contribution in [-0.4, -0.2) is 38.1 Å². The summed E-state index contributed by atoms with van der Waals surface area (Å²) < 4.78 is 3.50. The van der Waals surface area contributed by atoms with Crippen LogP contribution in [0.25, 0.3) is 5.57 Å². The molecule has 1 atom stereocenters. The molecule has 2 N–H and O–H groups in total. The summed E-state index contributed by atoms with van der Waals surface area (Å²) in [6.45, 7) is 7.49. The number of halogens is 1. The van der Waals surface area contributed by atoms with Crippen molar-refractivity contribution in [3.05, 3.63) is 67.7 Å². The third-order valence-electron chi connectivity index (χ3n) is 7.00. The lowest BCUT2D eigenvalue weighted by Crippen LogP contribution is -2.38. The molecular weight excluding hydrogens is 478 g/mol. The molecule has 1 unspecified atom stereocenters. The van der Waals surface area contributed by atoms with E-state index >= 15 is 0 Å². The number of likely N-dealkylation sites (tertiary alicyclic amines) is 1. The van der Waals surface area contributed by atoms with E-state index in [4.69, 9.17) is 11.6 Å². The minimum absolute atomic E-state index is 0.0513. The predicted molar refractivity (Wildman–Crippen MR) is 145 cm³/mol. The molecule has 0 radical (unpaired) electrons. The number of urea groups is 1. The van der Waals surface area contributed by atoms with E-state index in [9.17, 15) is 14.4 Å². The Morgan fingerprint density at radius 3 is 2.61 bits per heavy atom. The standard InChI is InChI=1S/C27H36ClN5O3/c1-4-7-21(22(28)5-2)24-12-11-23(25(34)33(24)17-19-9-10-19)30-26(35)31-14-6-8-20(13-15-31)32-16-18(3)29-27(32)36/h5,7,11-12,16,19-20H,4,6,8-10,13-15,17H2,1-3H3,(H,29,36)(H,30,35)/b21-7+,22-5+. The number of amides is 2. The van der Waals surface area contributed by atoms with Crippen LogP contribution in [-0.2, 0) is 6.54 Å². The number of aromatic nitrogens is 3. The molecule has 0 aromatic carbocycles. The van der Waals surface area contributed by atoms with E-state index in [1.807, 2.05) is 45.2 Å². The molecule has 36 heavy (non-hydrogen) atoms. The normalized spacial score (nSPS) is 19.3. The molecule has 1 aliphatic heterocycles. The molecule has 2 amide bonds. The van der Waals surface area contributed by atoms with Crippen LogP contribution >= 0.6 is 11.6 Å². The summed E-state index contributed by atoms with van der Waals surface area (Å²) in [6.07, 6.45) is 11.0. The second-order valence-electron chi connectivity index (χ2n) is 9.81. The average Bonchev–Trinajstić information content (AvgIpc) is 3.65. The minimum Gasteiger partial charge on any atom is -0.324 e. The molecule has 2 aliphatic rings. The first kappa shape index (κ1) is 26.1. The quantitative estimate of drug-likeness (QED) is 0.495. The number of anilines is 1. The number of aryl methyl sites for hydroxylation is 1. The lowest BCUT2D eigenvalue weighted by Gasteiger charge is -2.22. The summed E-state index contributed by atoms with van der Waals surface area (Å²) in [5.74, 6) is 0.475. The van der Waals surface area contributed by atoms with Crippen molar-refractivity contribution in [1.82, 2.24) is 19.0 Å². The van der Waals surface area contributed by atoms with Gasteiger partial charge in [0.15, 0.2) is 0 Å². The van der Waals surface area contributed by atoms with Gasteiger partial charge in [-0.15, -0.1) is 0 Å². The number of rotatable bonds is 7. The summed E-state index contributed by atoms with van der Waals surface area (Å²) in [4.78, 5) is 43.4. The van der Waals surface area contributed by atoms with E-state index in [0.717, 1.165) is 49.1 Å². The number of hydrogen-bond acceptors (Lipinski definition) is 3. The topological polar surface area (TPSA) is 92.1 Å². The number of carbonyl (C=O) groups excluding carboxylic acids is 1. The maximum absolute atomic E-state index is 13.5. The van der Waals surface area contributed by atoms with E-state index in [-0.39, 0.29) is 29.0 Å². The van der Waals surface area contributed by atoms with Crippen LogP contribution in [0.4, 0.5) is 10.5 Å². The Morgan fingerprint density at radius 1 is 1.19 bits per heavy atom. The zero-order valence-corrected chi connectivity index (χ0v) is 22.1. The van der Waals surface area contributed by atoms with Gasteiger partial charge < -0.3 is 19.8 Å². The number of allylic oxidation sites excluding steroid dienone is 4. The van der Waals surface area contributed by atoms with Gasteiger partial charge in [0, 0.05) is 48.2 Å². The maximum Gasteiger partial charge on any atom is 0.325 e. The third kappa shape index (κ3) is 5.86. The fourth-order valence-electron chi connectivity index (χ4n) is 4.89. The molecule has 0 bridgehead atoms. The Kier molecular flexibility index (Phi) is 8.24. The Hall–Kier alpha value is -3.00. The fraction of sp³-hybridized carbons (Fsp3) is 0.519. The number of nitrogens with zero attached hydrogens (tertiary/aromatic N) is 3. The molecule has 9 heteroatoms. The van der Waals surface area contributed by atoms with Crippen LogP contribution in [0.15, 0.2) is 45.1 Å². The smallest absolute Gasteiger partial charge is 0.324 e. The Morgan fingerprint density at radius 2 is 1.97 bits per heavy atom. The fourth-order valence-corrected chi connectivity index (χ4v) is 5.06. The van der Waals surface area contributed by atoms with Crippen molar-refractivity contribution in [2.75, 3.05) is 18.4 Å². The van der Waals surface area contributed by atoms with Crippen molar-refractivity contribution in [3.63, 3.8) is 0 Å². The highest BCUT2D eigenvalue weighted by Gasteiger charge is 2.27. The molecule has 194 valence electrons. The molecule has 0 spiro atoms.